The second kappa shape index (κ2) is 10.5. The summed E-state index contributed by atoms with van der Waals surface area (Å²) < 4.78 is 30.0. The van der Waals surface area contributed by atoms with Gasteiger partial charge in [-0.05, 0) is 85.8 Å². The van der Waals surface area contributed by atoms with Gasteiger partial charge >= 0.3 is 5.57 Å². The van der Waals surface area contributed by atoms with Gasteiger partial charge in [0.05, 0.1) is 5.69 Å². The van der Waals surface area contributed by atoms with Crippen LogP contribution in [0.25, 0.3) is 11.3 Å². The molecule has 2 nitrogen and oxygen atoms in total. The minimum Gasteiger partial charge on any atom is -0.420 e. The number of aromatic nitrogens is 1. The molecule has 1 saturated carbocycles. The highest BCUT2D eigenvalue weighted by molar-refractivity contribution is 6.20. The maximum atomic E-state index is 12.8. The Kier molecular flexibility index (Phi) is 7.70. The lowest BCUT2D eigenvalue weighted by Crippen LogP contribution is -2.27. The number of fused-ring (bicyclic) bond motifs is 1. The van der Waals surface area contributed by atoms with Gasteiger partial charge < -0.3 is 4.74 Å². The summed E-state index contributed by atoms with van der Waals surface area (Å²) in [7, 11) is 0. The molecule has 0 amide bonds. The Morgan fingerprint density at radius 2 is 1.72 bits per heavy atom. The number of halogens is 3. The van der Waals surface area contributed by atoms with Crippen molar-refractivity contribution in [2.45, 2.75) is 83.1 Å². The second-order valence-corrected chi connectivity index (χ2v) is 10.1. The van der Waals surface area contributed by atoms with Crippen molar-refractivity contribution in [1.29, 1.82) is 0 Å². The van der Waals surface area contributed by atoms with Gasteiger partial charge in [-0.15, -0.1) is 8.78 Å². The average molecular weight is 462 g/mol. The Labute approximate surface area is 195 Å². The first kappa shape index (κ1) is 23.5. The van der Waals surface area contributed by atoms with Gasteiger partial charge in [0, 0.05) is 22.9 Å². The number of hydrogen-bond acceptors (Lipinski definition) is 2. The van der Waals surface area contributed by atoms with Crippen molar-refractivity contribution in [3.05, 3.63) is 47.7 Å². The number of nitrogens with zero attached hydrogens (tertiary/aromatic N) is 1. The zero-order chi connectivity index (χ0) is 22.6. The van der Waals surface area contributed by atoms with E-state index in [0.717, 1.165) is 41.9 Å². The minimum atomic E-state index is -3.70. The molecule has 174 valence electrons. The number of pyridine rings is 1. The van der Waals surface area contributed by atoms with Crippen LogP contribution in [-0.4, -0.2) is 10.6 Å². The third-order valence-electron chi connectivity index (χ3n) is 7.46. The number of aryl methyl sites for hydroxylation is 1. The summed E-state index contributed by atoms with van der Waals surface area (Å²) in [5.74, 6) is 2.67. The van der Waals surface area contributed by atoms with Crippen LogP contribution in [0.15, 0.2) is 36.4 Å². The number of benzene rings is 1. The Balaban J connectivity index is 1.34. The van der Waals surface area contributed by atoms with E-state index in [1.807, 2.05) is 0 Å². The first-order valence-corrected chi connectivity index (χ1v) is 12.6. The lowest BCUT2D eigenvalue weighted by Gasteiger charge is -2.36. The van der Waals surface area contributed by atoms with Gasteiger partial charge in [-0.3, -0.25) is 4.98 Å². The van der Waals surface area contributed by atoms with Crippen LogP contribution in [0.4, 0.5) is 8.78 Å². The summed E-state index contributed by atoms with van der Waals surface area (Å²) in [5.41, 5.74) is 0.646. The van der Waals surface area contributed by atoms with Crippen molar-refractivity contribution in [3.63, 3.8) is 0 Å². The van der Waals surface area contributed by atoms with Crippen LogP contribution < -0.4 is 4.74 Å². The van der Waals surface area contributed by atoms with Gasteiger partial charge in [-0.2, -0.15) is 0 Å². The summed E-state index contributed by atoms with van der Waals surface area (Å²) in [6, 6.07) is 10.8. The number of rotatable bonds is 8. The van der Waals surface area contributed by atoms with Gasteiger partial charge in [-0.1, -0.05) is 51.5 Å². The van der Waals surface area contributed by atoms with E-state index >= 15 is 0 Å². The molecular formula is C27H34ClF2NO. The van der Waals surface area contributed by atoms with Crippen LogP contribution in [0.1, 0.15) is 76.0 Å². The zero-order valence-electron chi connectivity index (χ0n) is 19.0. The lowest BCUT2D eigenvalue weighted by atomic mass is 9.70. The predicted octanol–water partition coefficient (Wildman–Crippen LogP) is 8.41. The van der Waals surface area contributed by atoms with E-state index in [0.29, 0.717) is 0 Å². The van der Waals surface area contributed by atoms with E-state index in [4.69, 9.17) is 16.6 Å². The molecule has 2 aliphatic carbocycles. The number of ether oxygens (including phenoxy) is 1. The first-order chi connectivity index (χ1) is 15.4. The highest BCUT2D eigenvalue weighted by Crippen LogP contribution is 2.41. The molecular weight excluding hydrogens is 428 g/mol. The van der Waals surface area contributed by atoms with E-state index in [1.54, 1.807) is 12.1 Å². The highest BCUT2D eigenvalue weighted by atomic mass is 35.5. The largest absolute Gasteiger partial charge is 0.487 e. The normalized spacial score (nSPS) is 23.6. The third-order valence-corrected chi connectivity index (χ3v) is 7.54. The van der Waals surface area contributed by atoms with Gasteiger partial charge in [0.1, 0.15) is 5.75 Å². The van der Waals surface area contributed by atoms with E-state index < -0.39 is 5.57 Å². The monoisotopic (exact) mass is 461 g/mol. The van der Waals surface area contributed by atoms with Crippen molar-refractivity contribution in [2.75, 3.05) is 0 Å². The van der Waals surface area contributed by atoms with Crippen molar-refractivity contribution in [2.24, 2.45) is 17.8 Å². The van der Waals surface area contributed by atoms with Crippen LogP contribution in [0, 0.1) is 17.8 Å². The number of hydrogen-bond donors (Lipinski definition) is 0. The second-order valence-electron chi connectivity index (χ2n) is 9.65. The fourth-order valence-corrected chi connectivity index (χ4v) is 5.75. The van der Waals surface area contributed by atoms with E-state index in [9.17, 15) is 8.78 Å². The van der Waals surface area contributed by atoms with Crippen LogP contribution in [0.3, 0.4) is 0 Å². The molecule has 2 aliphatic rings. The van der Waals surface area contributed by atoms with Crippen LogP contribution in [0.5, 0.6) is 5.75 Å². The Bertz CT molecular complexity index is 872. The molecule has 0 aliphatic heterocycles. The maximum absolute atomic E-state index is 12.8. The predicted molar refractivity (Wildman–Crippen MR) is 126 cm³/mol. The standard InChI is InChI=1S/C27H34ClF2NO/c1-2-3-4-5-19-6-8-20(9-7-19)22-12-16-26-23(18-22)13-17-25(31-26)21-10-14-24(15-11-21)32-27(28,29)30/h10-11,13-15,17,19-20,22H,2-9,12,16,18H2,1H3/t19?,20?,22-/m1/s1. The third kappa shape index (κ3) is 6.21. The molecule has 0 saturated heterocycles. The average Bonchev–Trinajstić information content (AvgIpc) is 2.78. The summed E-state index contributed by atoms with van der Waals surface area (Å²) in [6.45, 7) is 2.28. The first-order valence-electron chi connectivity index (χ1n) is 12.3. The fourth-order valence-electron chi connectivity index (χ4n) is 5.66. The fraction of sp³-hybridized carbons (Fsp3) is 0.593. The quantitative estimate of drug-likeness (QED) is 0.290. The summed E-state index contributed by atoms with van der Waals surface area (Å²) in [4.78, 5) is 4.91. The van der Waals surface area contributed by atoms with Gasteiger partial charge in [0.2, 0.25) is 0 Å². The minimum absolute atomic E-state index is 0.0367. The lowest BCUT2D eigenvalue weighted by molar-refractivity contribution is -0.0964. The van der Waals surface area contributed by atoms with E-state index in [1.165, 1.54) is 81.2 Å². The van der Waals surface area contributed by atoms with Crippen molar-refractivity contribution in [3.8, 4) is 17.0 Å². The molecule has 1 heterocycles. The summed E-state index contributed by atoms with van der Waals surface area (Å²) in [6.07, 6.45) is 14.6. The molecule has 1 fully saturated rings. The van der Waals surface area contributed by atoms with Crippen LogP contribution in [0.2, 0.25) is 0 Å². The summed E-state index contributed by atoms with van der Waals surface area (Å²) in [5, 5.41) is 0. The molecule has 1 atom stereocenters. The molecule has 0 bridgehead atoms. The Morgan fingerprint density at radius 3 is 2.41 bits per heavy atom. The van der Waals surface area contributed by atoms with Crippen LogP contribution in [-0.2, 0) is 12.8 Å². The smallest absolute Gasteiger partial charge is 0.420 e. The zero-order valence-corrected chi connectivity index (χ0v) is 19.7. The SMILES string of the molecule is CCCCCC1CCC([C@@H]2CCc3nc(-c4ccc(OC(F)(F)Cl)cc4)ccc3C2)CC1. The van der Waals surface area contributed by atoms with Gasteiger partial charge in [0.15, 0.2) is 0 Å². The molecule has 0 spiro atoms. The maximum Gasteiger partial charge on any atom is 0.487 e. The molecule has 0 unspecified atom stereocenters. The summed E-state index contributed by atoms with van der Waals surface area (Å²) >= 11 is 4.84. The Morgan fingerprint density at radius 1 is 0.969 bits per heavy atom. The van der Waals surface area contributed by atoms with Gasteiger partial charge in [-0.25, -0.2) is 0 Å². The van der Waals surface area contributed by atoms with E-state index in [2.05, 4.69) is 23.8 Å². The Hall–Kier alpha value is -1.68. The van der Waals surface area contributed by atoms with Crippen LogP contribution >= 0.6 is 11.6 Å². The van der Waals surface area contributed by atoms with Crippen molar-refractivity contribution >= 4 is 11.6 Å². The molecule has 4 rings (SSSR count). The van der Waals surface area contributed by atoms with E-state index in [-0.39, 0.29) is 5.75 Å². The molecule has 0 N–H and O–H groups in total. The topological polar surface area (TPSA) is 22.1 Å². The molecule has 5 heteroatoms. The molecule has 2 aromatic rings. The van der Waals surface area contributed by atoms with Gasteiger partial charge in [0.25, 0.3) is 0 Å². The molecule has 32 heavy (non-hydrogen) atoms. The molecule has 1 aromatic carbocycles. The highest BCUT2D eigenvalue weighted by Gasteiger charge is 2.31. The number of alkyl halides is 3. The van der Waals surface area contributed by atoms with Crippen molar-refractivity contribution < 1.29 is 13.5 Å². The van der Waals surface area contributed by atoms with Crippen molar-refractivity contribution in [1.82, 2.24) is 4.98 Å². The molecule has 0 radical (unpaired) electrons. The number of unbranched alkanes of at least 4 members (excludes halogenated alkanes) is 2. The molecule has 1 aromatic heterocycles.